The number of nitrogens with zero attached hydrogens (tertiary/aromatic N) is 1. The van der Waals surface area contributed by atoms with Gasteiger partial charge in [0, 0.05) is 26.8 Å². The van der Waals surface area contributed by atoms with Gasteiger partial charge in [-0.25, -0.2) is 12.7 Å². The average Bonchev–Trinajstić information content (AvgIpc) is 2.48. The third kappa shape index (κ3) is 3.58. The van der Waals surface area contributed by atoms with Gasteiger partial charge in [-0.1, -0.05) is 12.1 Å². The Kier molecular flexibility index (Phi) is 5.15. The Morgan fingerprint density at radius 3 is 2.70 bits per heavy atom. The summed E-state index contributed by atoms with van der Waals surface area (Å²) in [6.45, 7) is 1.76. The largest absolute Gasteiger partial charge is 0.392 e. The van der Waals surface area contributed by atoms with Crippen LogP contribution in [0.25, 0.3) is 0 Å². The van der Waals surface area contributed by atoms with E-state index in [9.17, 15) is 8.42 Å². The molecule has 5 nitrogen and oxygen atoms in total. The normalized spacial score (nSPS) is 17.6. The lowest BCUT2D eigenvalue weighted by Gasteiger charge is -2.26. The van der Waals surface area contributed by atoms with Gasteiger partial charge >= 0.3 is 0 Å². The third-order valence-electron chi connectivity index (χ3n) is 3.65. The molecule has 0 aromatic heterocycles. The second kappa shape index (κ2) is 6.67. The molecule has 1 aromatic carbocycles. The van der Waals surface area contributed by atoms with Crippen molar-refractivity contribution in [3.8, 4) is 0 Å². The van der Waals surface area contributed by atoms with Gasteiger partial charge in [-0.15, -0.1) is 0 Å². The summed E-state index contributed by atoms with van der Waals surface area (Å²) >= 11 is 0. The van der Waals surface area contributed by atoms with E-state index in [2.05, 4.69) is 0 Å². The quantitative estimate of drug-likeness (QED) is 0.888. The monoisotopic (exact) mass is 299 g/mol. The summed E-state index contributed by atoms with van der Waals surface area (Å²) in [6.07, 6.45) is 1.80. The molecule has 1 fully saturated rings. The number of hydrogen-bond donors (Lipinski definition) is 1. The predicted octanol–water partition coefficient (Wildman–Crippen LogP) is 1.23. The lowest BCUT2D eigenvalue weighted by molar-refractivity contribution is 0.0620. The van der Waals surface area contributed by atoms with E-state index in [1.165, 1.54) is 10.4 Å². The SMILES string of the molecule is CN(CC1CCOCC1)S(=O)(=O)c1cccc(CO)c1. The van der Waals surface area contributed by atoms with Crippen molar-refractivity contribution >= 4 is 10.0 Å². The number of benzene rings is 1. The first-order valence-corrected chi connectivity index (χ1v) is 8.22. The molecule has 112 valence electrons. The zero-order valence-electron chi connectivity index (χ0n) is 11.7. The van der Waals surface area contributed by atoms with Gasteiger partial charge in [0.25, 0.3) is 0 Å². The fourth-order valence-electron chi connectivity index (χ4n) is 2.37. The summed E-state index contributed by atoms with van der Waals surface area (Å²) < 4.78 is 31.7. The van der Waals surface area contributed by atoms with Crippen LogP contribution in [0.3, 0.4) is 0 Å². The molecular formula is C14H21NO4S. The minimum absolute atomic E-state index is 0.160. The van der Waals surface area contributed by atoms with Gasteiger partial charge in [-0.2, -0.15) is 0 Å². The molecule has 1 saturated heterocycles. The van der Waals surface area contributed by atoms with Gasteiger partial charge in [-0.3, -0.25) is 0 Å². The van der Waals surface area contributed by atoms with E-state index in [-0.39, 0.29) is 11.5 Å². The standard InChI is InChI=1S/C14H21NO4S/c1-15(10-12-5-7-19-8-6-12)20(17,18)14-4-2-3-13(9-14)11-16/h2-4,9,12,16H,5-8,10-11H2,1H3. The van der Waals surface area contributed by atoms with E-state index in [4.69, 9.17) is 9.84 Å². The van der Waals surface area contributed by atoms with Crippen molar-refractivity contribution in [2.75, 3.05) is 26.8 Å². The number of sulfonamides is 1. The fraction of sp³-hybridized carbons (Fsp3) is 0.571. The van der Waals surface area contributed by atoms with Crippen molar-refractivity contribution in [1.29, 1.82) is 0 Å². The highest BCUT2D eigenvalue weighted by molar-refractivity contribution is 7.89. The second-order valence-corrected chi connectivity index (χ2v) is 7.19. The fourth-order valence-corrected chi connectivity index (χ4v) is 3.69. The van der Waals surface area contributed by atoms with Gasteiger partial charge in [0.05, 0.1) is 11.5 Å². The number of ether oxygens (including phenoxy) is 1. The van der Waals surface area contributed by atoms with E-state index in [1.54, 1.807) is 25.2 Å². The van der Waals surface area contributed by atoms with Crippen LogP contribution in [0.5, 0.6) is 0 Å². The lowest BCUT2D eigenvalue weighted by Crippen LogP contribution is -2.34. The second-order valence-electron chi connectivity index (χ2n) is 5.15. The minimum atomic E-state index is -3.49. The molecule has 0 unspecified atom stereocenters. The first kappa shape index (κ1) is 15.4. The van der Waals surface area contributed by atoms with Crippen molar-refractivity contribution in [2.45, 2.75) is 24.3 Å². The van der Waals surface area contributed by atoms with Crippen LogP contribution >= 0.6 is 0 Å². The Bertz CT molecular complexity index is 538. The Hall–Kier alpha value is -0.950. The molecule has 1 aliphatic heterocycles. The van der Waals surface area contributed by atoms with Crippen LogP contribution in [0.1, 0.15) is 18.4 Å². The highest BCUT2D eigenvalue weighted by Gasteiger charge is 2.25. The van der Waals surface area contributed by atoms with Crippen LogP contribution in [-0.2, 0) is 21.4 Å². The Morgan fingerprint density at radius 1 is 1.35 bits per heavy atom. The Labute approximate surface area is 120 Å². The van der Waals surface area contributed by atoms with E-state index in [0.717, 1.165) is 12.8 Å². The van der Waals surface area contributed by atoms with Crippen LogP contribution in [0.2, 0.25) is 0 Å². The molecule has 0 radical (unpaired) electrons. The van der Waals surface area contributed by atoms with Crippen LogP contribution in [0.15, 0.2) is 29.2 Å². The lowest BCUT2D eigenvalue weighted by atomic mass is 10.0. The molecule has 1 aromatic rings. The van der Waals surface area contributed by atoms with Crippen LogP contribution < -0.4 is 0 Å². The van der Waals surface area contributed by atoms with Crippen molar-refractivity contribution in [2.24, 2.45) is 5.92 Å². The summed E-state index contributed by atoms with van der Waals surface area (Å²) in [6, 6.07) is 6.45. The zero-order chi connectivity index (χ0) is 14.6. The van der Waals surface area contributed by atoms with E-state index in [1.807, 2.05) is 0 Å². The number of rotatable bonds is 5. The number of hydrogen-bond acceptors (Lipinski definition) is 4. The van der Waals surface area contributed by atoms with Gasteiger partial charge in [0.2, 0.25) is 10.0 Å². The molecular weight excluding hydrogens is 278 g/mol. The first-order valence-electron chi connectivity index (χ1n) is 6.78. The third-order valence-corrected chi connectivity index (χ3v) is 5.46. The molecule has 0 amide bonds. The summed E-state index contributed by atoms with van der Waals surface area (Å²) in [5.41, 5.74) is 0.602. The smallest absolute Gasteiger partial charge is 0.242 e. The molecule has 0 aliphatic carbocycles. The summed E-state index contributed by atoms with van der Waals surface area (Å²) in [7, 11) is -1.88. The topological polar surface area (TPSA) is 66.8 Å². The minimum Gasteiger partial charge on any atom is -0.392 e. The van der Waals surface area contributed by atoms with Gasteiger partial charge in [0.15, 0.2) is 0 Å². The van der Waals surface area contributed by atoms with Gasteiger partial charge in [0.1, 0.15) is 0 Å². The molecule has 0 atom stereocenters. The molecule has 2 rings (SSSR count). The number of aliphatic hydroxyl groups is 1. The predicted molar refractivity (Wildman–Crippen MR) is 75.7 cm³/mol. The highest BCUT2D eigenvalue weighted by atomic mass is 32.2. The van der Waals surface area contributed by atoms with Gasteiger partial charge in [-0.05, 0) is 36.5 Å². The van der Waals surface area contributed by atoms with Crippen molar-refractivity contribution in [3.05, 3.63) is 29.8 Å². The summed E-state index contributed by atoms with van der Waals surface area (Å²) in [5, 5.41) is 9.11. The Balaban J connectivity index is 2.11. The Morgan fingerprint density at radius 2 is 2.05 bits per heavy atom. The summed E-state index contributed by atoms with van der Waals surface area (Å²) in [4.78, 5) is 0.235. The van der Waals surface area contributed by atoms with Crippen LogP contribution in [0, 0.1) is 5.92 Å². The van der Waals surface area contributed by atoms with E-state index >= 15 is 0 Å². The maximum Gasteiger partial charge on any atom is 0.242 e. The van der Waals surface area contributed by atoms with Crippen LogP contribution in [0.4, 0.5) is 0 Å². The first-order chi connectivity index (χ1) is 9.54. The number of aliphatic hydroxyl groups excluding tert-OH is 1. The maximum absolute atomic E-state index is 12.5. The molecule has 20 heavy (non-hydrogen) atoms. The van der Waals surface area contributed by atoms with Gasteiger partial charge < -0.3 is 9.84 Å². The zero-order valence-corrected chi connectivity index (χ0v) is 12.5. The average molecular weight is 299 g/mol. The molecule has 0 bridgehead atoms. The maximum atomic E-state index is 12.5. The molecule has 6 heteroatoms. The molecule has 1 heterocycles. The van der Waals surface area contributed by atoms with E-state index in [0.29, 0.717) is 31.2 Å². The van der Waals surface area contributed by atoms with Crippen LogP contribution in [-0.4, -0.2) is 44.6 Å². The van der Waals surface area contributed by atoms with E-state index < -0.39 is 10.0 Å². The molecule has 1 N–H and O–H groups in total. The molecule has 0 saturated carbocycles. The summed E-state index contributed by atoms with van der Waals surface area (Å²) in [5.74, 6) is 0.351. The molecule has 0 spiro atoms. The molecule has 1 aliphatic rings. The van der Waals surface area contributed by atoms with Crippen molar-refractivity contribution < 1.29 is 18.3 Å². The van der Waals surface area contributed by atoms with Crippen molar-refractivity contribution in [3.63, 3.8) is 0 Å². The van der Waals surface area contributed by atoms with Crippen molar-refractivity contribution in [1.82, 2.24) is 4.31 Å². The highest BCUT2D eigenvalue weighted by Crippen LogP contribution is 2.21.